The highest BCUT2D eigenvalue weighted by molar-refractivity contribution is 7.86. The van der Waals surface area contributed by atoms with Gasteiger partial charge in [-0.15, -0.1) is 0 Å². The van der Waals surface area contributed by atoms with Crippen LogP contribution in [-0.4, -0.2) is 31.7 Å². The van der Waals surface area contributed by atoms with Crippen molar-refractivity contribution in [2.75, 3.05) is 13.2 Å². The summed E-state index contributed by atoms with van der Waals surface area (Å²) in [7, 11) is -4.03. The van der Waals surface area contributed by atoms with Crippen LogP contribution in [-0.2, 0) is 23.6 Å². The van der Waals surface area contributed by atoms with Crippen LogP contribution in [0.3, 0.4) is 0 Å². The summed E-state index contributed by atoms with van der Waals surface area (Å²) < 4.78 is 72.6. The Morgan fingerprint density at radius 2 is 1.41 bits per heavy atom. The zero-order valence-electron chi connectivity index (χ0n) is 20.7. The van der Waals surface area contributed by atoms with Gasteiger partial charge in [0.05, 0.1) is 6.61 Å². The second-order valence-electron chi connectivity index (χ2n) is 8.03. The molecule has 0 fully saturated rings. The number of hydrogen-bond acceptors (Lipinski definition) is 5. The molecule has 3 rings (SSSR count). The van der Waals surface area contributed by atoms with Gasteiger partial charge in [-0.2, -0.15) is 17.7 Å². The molecule has 0 radical (unpaired) electrons. The summed E-state index contributed by atoms with van der Waals surface area (Å²) in [5.74, 6) is 8.09. The lowest BCUT2D eigenvalue weighted by Crippen LogP contribution is -2.37. The third-order valence-corrected chi connectivity index (χ3v) is 5.60. The normalized spacial score (nSPS) is 11.0. The summed E-state index contributed by atoms with van der Waals surface area (Å²) in [6.07, 6.45) is 1.90. The monoisotopic (exact) mass is 535 g/mol. The Hall–Kier alpha value is -3.55. The van der Waals surface area contributed by atoms with Crippen molar-refractivity contribution in [3.8, 4) is 23.3 Å². The minimum Gasteiger partial charge on any atom is -0.741 e. The number of benzene rings is 2. The Bertz CT molecular complexity index is 1310. The van der Waals surface area contributed by atoms with Gasteiger partial charge >= 0.3 is 5.51 Å². The van der Waals surface area contributed by atoms with Crippen LogP contribution in [0.5, 0.6) is 11.5 Å². The van der Waals surface area contributed by atoms with Crippen molar-refractivity contribution in [1.29, 1.82) is 0 Å². The number of nitrogens with zero attached hydrogens (tertiary/aromatic N) is 1. The van der Waals surface area contributed by atoms with Crippen LogP contribution in [0.4, 0.5) is 13.2 Å². The number of rotatable bonds is 7. The lowest BCUT2D eigenvalue weighted by molar-refractivity contribution is -0.681. The second-order valence-corrected chi connectivity index (χ2v) is 9.40. The predicted octanol–water partition coefficient (Wildman–Crippen LogP) is 4.62. The Labute approximate surface area is 215 Å². The van der Waals surface area contributed by atoms with Crippen molar-refractivity contribution >= 4 is 10.1 Å². The number of aryl methyl sites for hydroxylation is 3. The molecule has 0 aliphatic heterocycles. The van der Waals surface area contributed by atoms with Gasteiger partial charge in [-0.05, 0) is 50.6 Å². The van der Waals surface area contributed by atoms with E-state index in [9.17, 15) is 13.2 Å². The lowest BCUT2D eigenvalue weighted by Gasteiger charge is -2.08. The molecule has 0 unspecified atom stereocenters. The molecule has 0 saturated heterocycles. The van der Waals surface area contributed by atoms with E-state index in [4.69, 9.17) is 22.4 Å². The third kappa shape index (κ3) is 10.5. The Morgan fingerprint density at radius 1 is 0.892 bits per heavy atom. The highest BCUT2D eigenvalue weighted by Gasteiger charge is 2.36. The summed E-state index contributed by atoms with van der Waals surface area (Å²) in [5.41, 5.74) is -0.964. The molecule has 198 valence electrons. The van der Waals surface area contributed by atoms with Gasteiger partial charge < -0.3 is 14.0 Å². The van der Waals surface area contributed by atoms with Crippen LogP contribution >= 0.6 is 0 Å². The average molecular weight is 536 g/mol. The number of halogens is 3. The minimum absolute atomic E-state index is 0.373. The van der Waals surface area contributed by atoms with E-state index in [1.807, 2.05) is 42.5 Å². The van der Waals surface area contributed by atoms with Gasteiger partial charge in [0.15, 0.2) is 15.8 Å². The molecule has 2 aromatic carbocycles. The van der Waals surface area contributed by atoms with E-state index in [0.717, 1.165) is 30.0 Å². The summed E-state index contributed by atoms with van der Waals surface area (Å²) in [6.45, 7) is 5.21. The molecule has 0 aliphatic carbocycles. The predicted molar refractivity (Wildman–Crippen MR) is 132 cm³/mol. The van der Waals surface area contributed by atoms with Crippen LogP contribution in [0.15, 0.2) is 66.7 Å². The van der Waals surface area contributed by atoms with Crippen molar-refractivity contribution in [1.82, 2.24) is 0 Å². The van der Waals surface area contributed by atoms with Crippen LogP contribution in [0, 0.1) is 25.7 Å². The maximum Gasteiger partial charge on any atom is 0.485 e. The first-order chi connectivity index (χ1) is 17.4. The molecule has 0 bridgehead atoms. The van der Waals surface area contributed by atoms with E-state index in [-0.39, 0.29) is 0 Å². The van der Waals surface area contributed by atoms with Crippen LogP contribution < -0.4 is 14.0 Å². The van der Waals surface area contributed by atoms with Crippen molar-refractivity contribution in [3.05, 3.63) is 89.2 Å². The third-order valence-electron chi connectivity index (χ3n) is 5.03. The maximum atomic E-state index is 10.7. The fourth-order valence-corrected chi connectivity index (χ4v) is 2.96. The smallest absolute Gasteiger partial charge is 0.485 e. The molecule has 37 heavy (non-hydrogen) atoms. The van der Waals surface area contributed by atoms with Crippen molar-refractivity contribution in [3.63, 3.8) is 0 Å². The van der Waals surface area contributed by atoms with Crippen LogP contribution in [0.25, 0.3) is 0 Å². The Morgan fingerprint density at radius 3 is 1.92 bits per heavy atom. The highest BCUT2D eigenvalue weighted by Crippen LogP contribution is 2.20. The molecular formula is C27H28F3NO5S. The zero-order chi connectivity index (χ0) is 27.5. The number of hydrogen-bond donors (Lipinski definition) is 0. The largest absolute Gasteiger partial charge is 0.741 e. The van der Waals surface area contributed by atoms with Gasteiger partial charge in [0.25, 0.3) is 5.69 Å². The van der Waals surface area contributed by atoms with Gasteiger partial charge in [-0.1, -0.05) is 41.3 Å². The number of pyridine rings is 1. The van der Waals surface area contributed by atoms with Gasteiger partial charge in [0, 0.05) is 24.5 Å². The number of alkyl halides is 3. The summed E-state index contributed by atoms with van der Waals surface area (Å²) >= 11 is 0. The van der Waals surface area contributed by atoms with E-state index in [1.165, 1.54) is 16.8 Å². The minimum atomic E-state index is -6.09. The van der Waals surface area contributed by atoms with Gasteiger partial charge in [0.1, 0.15) is 25.2 Å². The summed E-state index contributed by atoms with van der Waals surface area (Å²) in [6, 6.07) is 22.4. The standard InChI is InChI=1S/C26H28NO2.CHF3O3S/c1-21-11-15-25(16-12-21)28-19-5-9-23-7-4-8-24(27(23)3)10-6-20-29-26-17-13-22(2)14-18-26;2-1(3,4)8(5,6)7/h4,7-8,11-18H,5,9,19-20H2,1-3H3;(H,5,6,7)/q+1;/p-1. The molecule has 0 aliphatic rings. The van der Waals surface area contributed by atoms with E-state index in [0.29, 0.717) is 13.2 Å². The molecule has 0 saturated carbocycles. The molecule has 3 aromatic rings. The Kier molecular flexibility index (Phi) is 11.0. The molecule has 0 amide bonds. The first-order valence-corrected chi connectivity index (χ1v) is 12.7. The van der Waals surface area contributed by atoms with Crippen LogP contribution in [0.1, 0.15) is 28.9 Å². The summed E-state index contributed by atoms with van der Waals surface area (Å²) in [4.78, 5) is 0. The number of aromatic nitrogens is 1. The van der Waals surface area contributed by atoms with E-state index < -0.39 is 15.6 Å². The molecule has 0 N–H and O–H groups in total. The topological polar surface area (TPSA) is 79.5 Å². The molecular weight excluding hydrogens is 507 g/mol. The van der Waals surface area contributed by atoms with Crippen molar-refractivity contribution < 1.29 is 40.2 Å². The quantitative estimate of drug-likeness (QED) is 0.145. The first-order valence-electron chi connectivity index (χ1n) is 11.2. The molecule has 6 nitrogen and oxygen atoms in total. The SMILES string of the molecule is Cc1ccc(OCC#Cc2cccc(CCCOc3ccc(C)cc3)[n+]2C)cc1.O=S(=O)([O-])C(F)(F)F. The molecule has 1 aromatic heterocycles. The highest BCUT2D eigenvalue weighted by atomic mass is 32.2. The van der Waals surface area contributed by atoms with E-state index >= 15 is 0 Å². The maximum absolute atomic E-state index is 10.7. The van der Waals surface area contributed by atoms with Gasteiger partial charge in [0.2, 0.25) is 0 Å². The number of ether oxygens (including phenoxy) is 2. The van der Waals surface area contributed by atoms with E-state index in [2.05, 4.69) is 61.6 Å². The fourth-order valence-electron chi connectivity index (χ4n) is 2.96. The van der Waals surface area contributed by atoms with Gasteiger partial charge in [-0.25, -0.2) is 8.42 Å². The average Bonchev–Trinajstić information content (AvgIpc) is 2.83. The van der Waals surface area contributed by atoms with Crippen molar-refractivity contribution in [2.24, 2.45) is 7.05 Å². The molecule has 10 heteroatoms. The molecule has 0 spiro atoms. The first kappa shape index (κ1) is 29.7. The lowest BCUT2D eigenvalue weighted by atomic mass is 10.2. The zero-order valence-corrected chi connectivity index (χ0v) is 21.5. The Balaban J connectivity index is 0.000000521. The van der Waals surface area contributed by atoms with Gasteiger partial charge in [-0.3, -0.25) is 0 Å². The fraction of sp³-hybridized carbons (Fsp3) is 0.296. The summed E-state index contributed by atoms with van der Waals surface area (Å²) in [5, 5.41) is 0. The molecule has 1 heterocycles. The van der Waals surface area contributed by atoms with Crippen molar-refractivity contribution in [2.45, 2.75) is 32.2 Å². The second kappa shape index (κ2) is 13.7. The molecule has 0 atom stereocenters. The van der Waals surface area contributed by atoms with E-state index in [1.54, 1.807) is 0 Å². The van der Waals surface area contributed by atoms with Crippen LogP contribution in [0.2, 0.25) is 0 Å².